The number of anilines is 1. The van der Waals surface area contributed by atoms with Crippen molar-refractivity contribution in [1.29, 1.82) is 0 Å². The highest BCUT2D eigenvalue weighted by molar-refractivity contribution is 6.33. The van der Waals surface area contributed by atoms with Crippen LogP contribution in [0, 0.1) is 5.82 Å². The number of nitrogens with two attached hydrogens (primary N) is 1. The number of halogens is 2. The van der Waals surface area contributed by atoms with Gasteiger partial charge in [-0.3, -0.25) is 0 Å². The minimum absolute atomic E-state index is 0.210. The van der Waals surface area contributed by atoms with E-state index >= 15 is 0 Å². The molecule has 0 amide bonds. The number of fused-ring (bicyclic) bond motifs is 1. The lowest BCUT2D eigenvalue weighted by atomic mass is 10.1. The first-order valence-corrected chi connectivity index (χ1v) is 5.45. The van der Waals surface area contributed by atoms with Gasteiger partial charge in [-0.1, -0.05) is 17.7 Å². The first-order valence-electron chi connectivity index (χ1n) is 5.07. The van der Waals surface area contributed by atoms with Crippen molar-refractivity contribution in [2.24, 2.45) is 0 Å². The molecular formula is C11H7ClFN5. The summed E-state index contributed by atoms with van der Waals surface area (Å²) < 4.78 is 15.2. The zero-order valence-electron chi connectivity index (χ0n) is 9.01. The Hall–Kier alpha value is -2.21. The van der Waals surface area contributed by atoms with Crippen LogP contribution in [0.1, 0.15) is 0 Å². The third-order valence-electron chi connectivity index (χ3n) is 2.58. The molecule has 5 nitrogen and oxygen atoms in total. The van der Waals surface area contributed by atoms with Crippen LogP contribution in [0.25, 0.3) is 16.9 Å². The average molecular weight is 264 g/mol. The average Bonchev–Trinajstić information content (AvgIpc) is 2.80. The fraction of sp³-hybridized carbons (Fsp3) is 0. The molecule has 0 unspecified atom stereocenters. The van der Waals surface area contributed by atoms with Crippen molar-refractivity contribution in [2.75, 3.05) is 5.73 Å². The number of aromatic nitrogens is 4. The smallest absolute Gasteiger partial charge is 0.254 e. The minimum atomic E-state index is -0.463. The second-order valence-electron chi connectivity index (χ2n) is 3.63. The lowest BCUT2D eigenvalue weighted by Gasteiger charge is -2.09. The third-order valence-corrected chi connectivity index (χ3v) is 2.89. The molecular weight excluding hydrogens is 257 g/mol. The van der Waals surface area contributed by atoms with Gasteiger partial charge in [0.15, 0.2) is 0 Å². The molecule has 7 heteroatoms. The minimum Gasteiger partial charge on any atom is -0.383 e. The molecule has 0 spiro atoms. The first kappa shape index (κ1) is 10.9. The summed E-state index contributed by atoms with van der Waals surface area (Å²) in [6.07, 6.45) is 2.76. The predicted octanol–water partition coefficient (Wildman–Crippen LogP) is 2.17. The van der Waals surface area contributed by atoms with Crippen molar-refractivity contribution in [3.8, 4) is 11.1 Å². The van der Waals surface area contributed by atoms with Crippen molar-refractivity contribution in [3.63, 3.8) is 0 Å². The van der Waals surface area contributed by atoms with Crippen LogP contribution >= 0.6 is 11.6 Å². The number of nitrogen functional groups attached to an aromatic ring is 1. The summed E-state index contributed by atoms with van der Waals surface area (Å²) >= 11 is 5.99. The normalized spacial score (nSPS) is 11.0. The van der Waals surface area contributed by atoms with Gasteiger partial charge in [-0.2, -0.15) is 14.6 Å². The van der Waals surface area contributed by atoms with E-state index in [1.54, 1.807) is 6.07 Å². The number of hydrogen-bond donors (Lipinski definition) is 1. The van der Waals surface area contributed by atoms with Crippen LogP contribution in [0.4, 0.5) is 10.2 Å². The van der Waals surface area contributed by atoms with Crippen LogP contribution in [-0.2, 0) is 0 Å². The fourth-order valence-corrected chi connectivity index (χ4v) is 2.01. The maximum absolute atomic E-state index is 13.8. The van der Waals surface area contributed by atoms with Crippen molar-refractivity contribution in [2.45, 2.75) is 0 Å². The van der Waals surface area contributed by atoms with E-state index in [4.69, 9.17) is 17.3 Å². The van der Waals surface area contributed by atoms with E-state index in [9.17, 15) is 4.39 Å². The van der Waals surface area contributed by atoms with Gasteiger partial charge < -0.3 is 5.73 Å². The molecule has 18 heavy (non-hydrogen) atoms. The lowest BCUT2D eigenvalue weighted by Crippen LogP contribution is -2.03. The number of nitrogens with zero attached hydrogens (tertiary/aromatic N) is 4. The van der Waals surface area contributed by atoms with Gasteiger partial charge in [0.05, 0.1) is 5.02 Å². The van der Waals surface area contributed by atoms with Gasteiger partial charge in [0.1, 0.15) is 18.0 Å². The molecule has 0 radical (unpaired) electrons. The van der Waals surface area contributed by atoms with Crippen LogP contribution in [-0.4, -0.2) is 19.6 Å². The molecule has 0 aliphatic heterocycles. The van der Waals surface area contributed by atoms with E-state index in [1.165, 1.54) is 29.2 Å². The molecule has 3 rings (SSSR count). The van der Waals surface area contributed by atoms with Crippen LogP contribution in [0.15, 0.2) is 30.7 Å². The van der Waals surface area contributed by atoms with E-state index < -0.39 is 5.82 Å². The molecule has 90 valence electrons. The van der Waals surface area contributed by atoms with Crippen LogP contribution in [0.3, 0.4) is 0 Å². The largest absolute Gasteiger partial charge is 0.383 e. The maximum atomic E-state index is 13.8. The molecule has 0 aliphatic rings. The Balaban J connectivity index is 2.35. The van der Waals surface area contributed by atoms with Crippen LogP contribution < -0.4 is 5.73 Å². The molecule has 2 heterocycles. The van der Waals surface area contributed by atoms with Crippen molar-refractivity contribution >= 4 is 23.2 Å². The van der Waals surface area contributed by atoms with E-state index in [-0.39, 0.29) is 16.4 Å². The number of hydrogen-bond acceptors (Lipinski definition) is 4. The highest BCUT2D eigenvalue weighted by Gasteiger charge is 2.15. The molecule has 3 aromatic rings. The van der Waals surface area contributed by atoms with Gasteiger partial charge in [-0.15, -0.1) is 0 Å². The molecule has 1 aromatic carbocycles. The summed E-state index contributed by atoms with van der Waals surface area (Å²) in [4.78, 5) is 7.94. The molecule has 0 aliphatic carbocycles. The Morgan fingerprint density at radius 2 is 2.11 bits per heavy atom. The quantitative estimate of drug-likeness (QED) is 0.730. The van der Waals surface area contributed by atoms with Gasteiger partial charge >= 0.3 is 0 Å². The summed E-state index contributed by atoms with van der Waals surface area (Å²) in [5.74, 6) is 0.128. The van der Waals surface area contributed by atoms with E-state index in [1.807, 2.05) is 0 Å². The van der Waals surface area contributed by atoms with Gasteiger partial charge in [-0.05, 0) is 12.1 Å². The summed E-state index contributed by atoms with van der Waals surface area (Å²) in [5, 5.41) is 4.18. The molecule has 0 saturated heterocycles. The van der Waals surface area contributed by atoms with E-state index in [0.717, 1.165) is 0 Å². The van der Waals surface area contributed by atoms with Gasteiger partial charge in [0.2, 0.25) is 0 Å². The second kappa shape index (κ2) is 3.92. The zero-order chi connectivity index (χ0) is 12.7. The highest BCUT2D eigenvalue weighted by atomic mass is 35.5. The predicted molar refractivity (Wildman–Crippen MR) is 65.6 cm³/mol. The van der Waals surface area contributed by atoms with Crippen molar-refractivity contribution in [1.82, 2.24) is 19.6 Å². The number of rotatable bonds is 1. The summed E-state index contributed by atoms with van der Waals surface area (Å²) in [7, 11) is 0. The molecule has 2 aromatic heterocycles. The third kappa shape index (κ3) is 1.50. The standard InChI is InChI=1S/C11H7ClFN5/c12-7-2-1-3-8(13)9(7)6-4-15-11-16-5-17-18(11)10(6)14/h1-5H,14H2. The zero-order valence-corrected chi connectivity index (χ0v) is 9.76. The highest BCUT2D eigenvalue weighted by Crippen LogP contribution is 2.33. The number of benzene rings is 1. The SMILES string of the molecule is Nc1c(-c2c(F)cccc2Cl)cnc2ncnn12. The lowest BCUT2D eigenvalue weighted by molar-refractivity contribution is 0.631. The monoisotopic (exact) mass is 263 g/mol. The summed E-state index contributed by atoms with van der Waals surface area (Å²) in [6, 6.07) is 4.43. The van der Waals surface area contributed by atoms with Crippen molar-refractivity contribution in [3.05, 3.63) is 41.6 Å². The molecule has 0 atom stereocenters. The molecule has 0 bridgehead atoms. The Labute approximate surface area is 106 Å². The summed E-state index contributed by atoms with van der Waals surface area (Å²) in [6.45, 7) is 0. The topological polar surface area (TPSA) is 69.1 Å². The maximum Gasteiger partial charge on any atom is 0.254 e. The van der Waals surface area contributed by atoms with Crippen LogP contribution in [0.5, 0.6) is 0 Å². The Morgan fingerprint density at radius 3 is 2.89 bits per heavy atom. The Morgan fingerprint density at radius 1 is 1.28 bits per heavy atom. The van der Waals surface area contributed by atoms with Crippen LogP contribution in [0.2, 0.25) is 5.02 Å². The van der Waals surface area contributed by atoms with E-state index in [0.29, 0.717) is 11.3 Å². The molecule has 0 fully saturated rings. The fourth-order valence-electron chi connectivity index (χ4n) is 1.74. The Bertz CT molecular complexity index is 719. The molecule has 0 saturated carbocycles. The Kier molecular flexibility index (Phi) is 2.38. The van der Waals surface area contributed by atoms with Gasteiger partial charge in [-0.25, -0.2) is 9.37 Å². The van der Waals surface area contributed by atoms with Gasteiger partial charge in [0.25, 0.3) is 5.78 Å². The van der Waals surface area contributed by atoms with Gasteiger partial charge in [0, 0.05) is 17.3 Å². The second-order valence-corrected chi connectivity index (χ2v) is 4.03. The summed E-state index contributed by atoms with van der Waals surface area (Å²) in [5.41, 5.74) is 6.52. The van der Waals surface area contributed by atoms with E-state index in [2.05, 4.69) is 15.1 Å². The first-order chi connectivity index (χ1) is 8.68. The van der Waals surface area contributed by atoms with Crippen molar-refractivity contribution < 1.29 is 4.39 Å². The molecule has 2 N–H and O–H groups in total.